The average Bonchev–Trinajstić information content (AvgIpc) is 2.51. The average molecular weight is 510 g/mol. The van der Waals surface area contributed by atoms with Crippen LogP contribution >= 0.6 is 35.7 Å². The SMILES string of the molecule is CCNC(=NCC(=O)N(C)CC(F)(F)F)NC1CCCC(SCC)C1.I. The first-order valence-electron chi connectivity index (χ1n) is 8.72. The normalized spacial score (nSPS) is 20.9. The first-order chi connectivity index (χ1) is 11.7. The van der Waals surface area contributed by atoms with Crippen molar-refractivity contribution in [2.75, 3.05) is 32.4 Å². The van der Waals surface area contributed by atoms with E-state index in [9.17, 15) is 18.0 Å². The molecule has 0 aromatic rings. The van der Waals surface area contributed by atoms with Crippen LogP contribution in [0, 0.1) is 0 Å². The van der Waals surface area contributed by atoms with E-state index in [-0.39, 0.29) is 36.6 Å². The molecule has 2 unspecified atom stereocenters. The maximum Gasteiger partial charge on any atom is 0.406 e. The van der Waals surface area contributed by atoms with Crippen molar-refractivity contribution in [3.05, 3.63) is 0 Å². The predicted molar refractivity (Wildman–Crippen MR) is 112 cm³/mol. The molecule has 0 spiro atoms. The van der Waals surface area contributed by atoms with Crippen molar-refractivity contribution in [3.8, 4) is 0 Å². The van der Waals surface area contributed by atoms with Gasteiger partial charge >= 0.3 is 6.18 Å². The molecule has 0 saturated heterocycles. The van der Waals surface area contributed by atoms with Gasteiger partial charge in [0.25, 0.3) is 0 Å². The summed E-state index contributed by atoms with van der Waals surface area (Å²) in [6.07, 6.45) is 0.0238. The summed E-state index contributed by atoms with van der Waals surface area (Å²) in [5, 5.41) is 7.00. The van der Waals surface area contributed by atoms with E-state index in [4.69, 9.17) is 0 Å². The summed E-state index contributed by atoms with van der Waals surface area (Å²) >= 11 is 1.96. The summed E-state index contributed by atoms with van der Waals surface area (Å²) in [7, 11) is 1.14. The number of guanidine groups is 1. The van der Waals surface area contributed by atoms with Crippen LogP contribution in [0.25, 0.3) is 0 Å². The van der Waals surface area contributed by atoms with Crippen molar-refractivity contribution < 1.29 is 18.0 Å². The highest BCUT2D eigenvalue weighted by atomic mass is 127. The third-order valence-electron chi connectivity index (χ3n) is 3.93. The molecule has 2 atom stereocenters. The molecule has 0 heterocycles. The molecule has 2 N–H and O–H groups in total. The van der Waals surface area contributed by atoms with Crippen molar-refractivity contribution in [2.45, 2.75) is 57.0 Å². The van der Waals surface area contributed by atoms with Gasteiger partial charge in [-0.2, -0.15) is 24.9 Å². The standard InChI is InChI=1S/C16H29F3N4OS.HI/c1-4-20-15(21-10-14(24)23(3)11-16(17,18)19)22-12-7-6-8-13(9-12)25-5-2;/h12-13H,4-11H2,1-3H3,(H2,20,21,22);1H. The quantitative estimate of drug-likeness (QED) is 0.314. The van der Waals surface area contributed by atoms with E-state index in [1.807, 2.05) is 18.7 Å². The zero-order valence-corrected chi connectivity index (χ0v) is 18.7. The Morgan fingerprint density at radius 2 is 2.00 bits per heavy atom. The Bertz CT molecular complexity index is 450. The van der Waals surface area contributed by atoms with E-state index < -0.39 is 18.6 Å². The molecular formula is C16H30F3IN4OS. The molecular weight excluding hydrogens is 480 g/mol. The van der Waals surface area contributed by atoms with Crippen LogP contribution in [0.1, 0.15) is 39.5 Å². The van der Waals surface area contributed by atoms with Crippen LogP contribution in [-0.4, -0.2) is 66.7 Å². The topological polar surface area (TPSA) is 56.7 Å². The first kappa shape index (κ1) is 25.6. The zero-order valence-electron chi connectivity index (χ0n) is 15.6. The predicted octanol–water partition coefficient (Wildman–Crippen LogP) is 3.24. The van der Waals surface area contributed by atoms with E-state index in [2.05, 4.69) is 22.5 Å². The lowest BCUT2D eigenvalue weighted by atomic mass is 9.95. The van der Waals surface area contributed by atoms with Gasteiger partial charge in [-0.1, -0.05) is 13.3 Å². The van der Waals surface area contributed by atoms with Crippen molar-refractivity contribution in [2.24, 2.45) is 4.99 Å². The fourth-order valence-corrected chi connectivity index (χ4v) is 3.97. The van der Waals surface area contributed by atoms with Gasteiger partial charge in [0.1, 0.15) is 13.1 Å². The molecule has 154 valence electrons. The van der Waals surface area contributed by atoms with Gasteiger partial charge in [-0.3, -0.25) is 4.79 Å². The molecule has 0 aliphatic heterocycles. The summed E-state index contributed by atoms with van der Waals surface area (Å²) < 4.78 is 37.0. The Balaban J connectivity index is 0.00000625. The highest BCUT2D eigenvalue weighted by molar-refractivity contribution is 14.0. The molecule has 5 nitrogen and oxygen atoms in total. The molecule has 0 aromatic heterocycles. The Labute approximate surface area is 175 Å². The van der Waals surface area contributed by atoms with E-state index in [0.717, 1.165) is 32.1 Å². The molecule has 1 aliphatic carbocycles. The second-order valence-electron chi connectivity index (χ2n) is 6.15. The second kappa shape index (κ2) is 12.9. The number of nitrogens with zero attached hydrogens (tertiary/aromatic N) is 2. The lowest BCUT2D eigenvalue weighted by molar-refractivity contribution is -0.157. The van der Waals surface area contributed by atoms with Gasteiger partial charge < -0.3 is 15.5 Å². The van der Waals surface area contributed by atoms with Gasteiger partial charge in [0.15, 0.2) is 5.96 Å². The number of carbonyl (C=O) groups is 1. The van der Waals surface area contributed by atoms with Gasteiger partial charge in [-0.15, -0.1) is 24.0 Å². The third-order valence-corrected chi connectivity index (χ3v) is 5.16. The smallest absolute Gasteiger partial charge is 0.357 e. The number of alkyl halides is 3. The number of thioether (sulfide) groups is 1. The number of nitrogens with one attached hydrogen (secondary N) is 2. The lowest BCUT2D eigenvalue weighted by Crippen LogP contribution is -2.46. The largest absolute Gasteiger partial charge is 0.406 e. The van der Waals surface area contributed by atoms with Gasteiger partial charge in [-0.25, -0.2) is 4.99 Å². The van der Waals surface area contributed by atoms with E-state index >= 15 is 0 Å². The number of hydrogen-bond donors (Lipinski definition) is 2. The highest BCUT2D eigenvalue weighted by Crippen LogP contribution is 2.28. The zero-order chi connectivity index (χ0) is 18.9. The van der Waals surface area contributed by atoms with E-state index in [1.165, 1.54) is 6.42 Å². The number of carbonyl (C=O) groups excluding carboxylic acids is 1. The summed E-state index contributed by atoms with van der Waals surface area (Å²) in [5.74, 6) is 0.923. The van der Waals surface area contributed by atoms with Crippen molar-refractivity contribution in [1.82, 2.24) is 15.5 Å². The molecule has 0 aromatic carbocycles. The number of rotatable bonds is 7. The Morgan fingerprint density at radius 3 is 2.58 bits per heavy atom. The number of aliphatic imine (C=N–C) groups is 1. The van der Waals surface area contributed by atoms with Crippen molar-refractivity contribution >= 4 is 47.6 Å². The van der Waals surface area contributed by atoms with Crippen LogP contribution < -0.4 is 10.6 Å². The van der Waals surface area contributed by atoms with Crippen LogP contribution in [0.5, 0.6) is 0 Å². The minimum atomic E-state index is -4.40. The van der Waals surface area contributed by atoms with Gasteiger partial charge in [0, 0.05) is 24.9 Å². The molecule has 0 bridgehead atoms. The van der Waals surface area contributed by atoms with Crippen LogP contribution in [0.3, 0.4) is 0 Å². The summed E-state index contributed by atoms with van der Waals surface area (Å²) in [6.45, 7) is 3.12. The van der Waals surface area contributed by atoms with Gasteiger partial charge in [0.05, 0.1) is 0 Å². The fraction of sp³-hybridized carbons (Fsp3) is 0.875. The number of hydrogen-bond acceptors (Lipinski definition) is 3. The monoisotopic (exact) mass is 510 g/mol. The Morgan fingerprint density at radius 1 is 1.31 bits per heavy atom. The van der Waals surface area contributed by atoms with Crippen LogP contribution in [0.4, 0.5) is 13.2 Å². The molecule has 26 heavy (non-hydrogen) atoms. The van der Waals surface area contributed by atoms with Crippen molar-refractivity contribution in [3.63, 3.8) is 0 Å². The molecule has 0 radical (unpaired) electrons. The lowest BCUT2D eigenvalue weighted by Gasteiger charge is -2.30. The van der Waals surface area contributed by atoms with Crippen molar-refractivity contribution in [1.29, 1.82) is 0 Å². The number of halogens is 4. The molecule has 10 heteroatoms. The molecule has 1 amide bonds. The Kier molecular flexibility index (Phi) is 12.7. The highest BCUT2D eigenvalue weighted by Gasteiger charge is 2.31. The van der Waals surface area contributed by atoms with Gasteiger partial charge in [0.2, 0.25) is 5.91 Å². The summed E-state index contributed by atoms with van der Waals surface area (Å²) in [5.41, 5.74) is 0. The third kappa shape index (κ3) is 10.7. The number of amides is 1. The molecule has 1 fully saturated rings. The number of likely N-dealkylation sites (N-methyl/N-ethyl adjacent to an activating group) is 1. The van der Waals surface area contributed by atoms with Crippen LogP contribution in [0.15, 0.2) is 4.99 Å². The summed E-state index contributed by atoms with van der Waals surface area (Å²) in [6, 6.07) is 0.276. The Hall–Kier alpha value is -0.390. The molecule has 1 saturated carbocycles. The minimum Gasteiger partial charge on any atom is -0.357 e. The minimum absolute atomic E-state index is 0. The summed E-state index contributed by atoms with van der Waals surface area (Å²) in [4.78, 5) is 16.6. The first-order valence-corrected chi connectivity index (χ1v) is 9.77. The second-order valence-corrected chi connectivity index (χ2v) is 7.72. The van der Waals surface area contributed by atoms with E-state index in [0.29, 0.717) is 22.7 Å². The molecule has 1 aliphatic rings. The molecule has 1 rings (SSSR count). The van der Waals surface area contributed by atoms with Crippen LogP contribution in [-0.2, 0) is 4.79 Å². The maximum absolute atomic E-state index is 12.3. The van der Waals surface area contributed by atoms with E-state index in [1.54, 1.807) is 0 Å². The van der Waals surface area contributed by atoms with Crippen LogP contribution in [0.2, 0.25) is 0 Å². The fourth-order valence-electron chi connectivity index (χ4n) is 2.80. The van der Waals surface area contributed by atoms with Gasteiger partial charge in [-0.05, 0) is 31.9 Å². The maximum atomic E-state index is 12.3.